The topological polar surface area (TPSA) is 17.1 Å². The fraction of sp³-hybridized carbons (Fsp3) is 0.769. The molecule has 0 amide bonds. The van der Waals surface area contributed by atoms with Crippen LogP contribution in [0.3, 0.4) is 0 Å². The summed E-state index contributed by atoms with van der Waals surface area (Å²) in [6, 6.07) is 0. The van der Waals surface area contributed by atoms with Crippen LogP contribution in [-0.2, 0) is 4.79 Å². The third-order valence-corrected chi connectivity index (χ3v) is 3.52. The molecule has 0 aromatic carbocycles. The van der Waals surface area contributed by atoms with E-state index in [9.17, 15) is 4.79 Å². The Hall–Kier alpha value is -0.590. The molecule has 2 atom stereocenters. The van der Waals surface area contributed by atoms with Crippen LogP contribution >= 0.6 is 0 Å². The number of rotatable bonds is 0. The van der Waals surface area contributed by atoms with Gasteiger partial charge in [-0.3, -0.25) is 4.79 Å². The summed E-state index contributed by atoms with van der Waals surface area (Å²) in [6.45, 7) is 0. The number of hydrogen-bond donors (Lipinski definition) is 0. The van der Waals surface area contributed by atoms with E-state index in [1.54, 1.807) is 0 Å². The first-order valence-electron chi connectivity index (χ1n) is 6.08. The van der Waals surface area contributed by atoms with Gasteiger partial charge < -0.3 is 0 Å². The maximum atomic E-state index is 11.6. The molecular formula is C13H20O. The second-order valence-electron chi connectivity index (χ2n) is 4.75. The molecule has 2 rings (SSSR count). The largest absolute Gasteiger partial charge is 0.295 e. The average molecular weight is 192 g/mol. The van der Waals surface area contributed by atoms with E-state index in [4.69, 9.17) is 0 Å². The van der Waals surface area contributed by atoms with Crippen molar-refractivity contribution in [3.63, 3.8) is 0 Å². The minimum absolute atomic E-state index is 0.399. The number of carbonyl (C=O) groups is 1. The van der Waals surface area contributed by atoms with E-state index in [0.29, 0.717) is 11.7 Å². The van der Waals surface area contributed by atoms with E-state index in [1.807, 2.05) is 6.08 Å². The maximum Gasteiger partial charge on any atom is 0.158 e. The second-order valence-corrected chi connectivity index (χ2v) is 4.75. The van der Waals surface area contributed by atoms with Gasteiger partial charge in [-0.1, -0.05) is 31.8 Å². The molecule has 0 aromatic heterocycles. The maximum absolute atomic E-state index is 11.6. The van der Waals surface area contributed by atoms with Gasteiger partial charge in [-0.2, -0.15) is 0 Å². The molecule has 2 aliphatic rings. The van der Waals surface area contributed by atoms with E-state index >= 15 is 0 Å². The first-order chi connectivity index (χ1) is 6.88. The van der Waals surface area contributed by atoms with Gasteiger partial charge in [-0.25, -0.2) is 0 Å². The SMILES string of the molecule is O=C1/C=C/CCCCCCC[C@H]2C[C@@H]12. The van der Waals surface area contributed by atoms with Crippen molar-refractivity contribution in [1.29, 1.82) is 0 Å². The fourth-order valence-corrected chi connectivity index (χ4v) is 2.44. The van der Waals surface area contributed by atoms with Crippen LogP contribution in [0, 0.1) is 11.8 Å². The zero-order valence-corrected chi connectivity index (χ0v) is 8.87. The molecule has 0 aromatic rings. The highest BCUT2D eigenvalue weighted by molar-refractivity contribution is 5.93. The highest BCUT2D eigenvalue weighted by Crippen LogP contribution is 2.43. The summed E-state index contributed by atoms with van der Waals surface area (Å²) in [5.74, 6) is 1.55. The molecule has 0 aliphatic heterocycles. The molecule has 14 heavy (non-hydrogen) atoms. The van der Waals surface area contributed by atoms with Crippen LogP contribution < -0.4 is 0 Å². The third-order valence-electron chi connectivity index (χ3n) is 3.52. The molecule has 0 unspecified atom stereocenters. The smallest absolute Gasteiger partial charge is 0.158 e. The van der Waals surface area contributed by atoms with Crippen molar-refractivity contribution in [1.82, 2.24) is 0 Å². The van der Waals surface area contributed by atoms with Gasteiger partial charge in [-0.15, -0.1) is 0 Å². The number of hydrogen-bond acceptors (Lipinski definition) is 1. The highest BCUT2D eigenvalue weighted by atomic mass is 16.1. The van der Waals surface area contributed by atoms with Gasteiger partial charge in [0, 0.05) is 5.92 Å². The van der Waals surface area contributed by atoms with E-state index in [-0.39, 0.29) is 0 Å². The van der Waals surface area contributed by atoms with Crippen LogP contribution in [0.2, 0.25) is 0 Å². The van der Waals surface area contributed by atoms with Crippen LogP contribution in [0.25, 0.3) is 0 Å². The van der Waals surface area contributed by atoms with Gasteiger partial charge >= 0.3 is 0 Å². The van der Waals surface area contributed by atoms with Crippen molar-refractivity contribution in [3.8, 4) is 0 Å². The molecule has 0 saturated heterocycles. The van der Waals surface area contributed by atoms with Gasteiger partial charge in [0.25, 0.3) is 0 Å². The molecule has 0 N–H and O–H groups in total. The Labute approximate surface area is 86.6 Å². The predicted octanol–water partition coefficient (Wildman–Crippen LogP) is 3.49. The van der Waals surface area contributed by atoms with Crippen LogP contribution in [0.15, 0.2) is 12.2 Å². The molecule has 0 spiro atoms. The number of allylic oxidation sites excluding steroid dienone is 2. The van der Waals surface area contributed by atoms with Crippen molar-refractivity contribution in [2.75, 3.05) is 0 Å². The normalized spacial score (nSPS) is 36.4. The van der Waals surface area contributed by atoms with Crippen molar-refractivity contribution in [2.24, 2.45) is 11.8 Å². The Kier molecular flexibility index (Phi) is 3.39. The molecule has 1 nitrogen and oxygen atoms in total. The molecular weight excluding hydrogens is 172 g/mol. The monoisotopic (exact) mass is 192 g/mol. The second kappa shape index (κ2) is 4.77. The van der Waals surface area contributed by atoms with Gasteiger partial charge in [0.15, 0.2) is 5.78 Å². The summed E-state index contributed by atoms with van der Waals surface area (Å²) in [5.41, 5.74) is 0. The summed E-state index contributed by atoms with van der Waals surface area (Å²) < 4.78 is 0. The zero-order chi connectivity index (χ0) is 9.80. The van der Waals surface area contributed by atoms with Crippen molar-refractivity contribution in [2.45, 2.75) is 51.4 Å². The Bertz CT molecular complexity index is 229. The fourth-order valence-electron chi connectivity index (χ4n) is 2.44. The summed E-state index contributed by atoms with van der Waals surface area (Å²) in [4.78, 5) is 11.6. The van der Waals surface area contributed by atoms with Gasteiger partial charge in [0.05, 0.1) is 0 Å². The quantitative estimate of drug-likeness (QED) is 0.574. The lowest BCUT2D eigenvalue weighted by Gasteiger charge is -2.02. The molecule has 1 saturated carbocycles. The van der Waals surface area contributed by atoms with Crippen LogP contribution in [0.1, 0.15) is 51.4 Å². The molecule has 1 fully saturated rings. The number of carbonyl (C=O) groups excluding carboxylic acids is 1. The lowest BCUT2D eigenvalue weighted by molar-refractivity contribution is -0.116. The van der Waals surface area contributed by atoms with Gasteiger partial charge in [-0.05, 0) is 37.7 Å². The summed E-state index contributed by atoms with van der Waals surface area (Å²) >= 11 is 0. The zero-order valence-electron chi connectivity index (χ0n) is 8.87. The predicted molar refractivity (Wildman–Crippen MR) is 58.1 cm³/mol. The first-order valence-corrected chi connectivity index (χ1v) is 6.08. The highest BCUT2D eigenvalue weighted by Gasteiger charge is 2.40. The van der Waals surface area contributed by atoms with Crippen LogP contribution in [-0.4, -0.2) is 5.78 Å². The Morgan fingerprint density at radius 1 is 1.07 bits per heavy atom. The first kappa shape index (κ1) is 9.95. The van der Waals surface area contributed by atoms with Crippen molar-refractivity contribution < 1.29 is 4.79 Å². The van der Waals surface area contributed by atoms with Gasteiger partial charge in [0.1, 0.15) is 0 Å². The molecule has 0 bridgehead atoms. The Morgan fingerprint density at radius 3 is 2.79 bits per heavy atom. The van der Waals surface area contributed by atoms with Gasteiger partial charge in [0.2, 0.25) is 0 Å². The van der Waals surface area contributed by atoms with E-state index in [1.165, 1.54) is 44.9 Å². The van der Waals surface area contributed by atoms with Crippen LogP contribution in [0.4, 0.5) is 0 Å². The van der Waals surface area contributed by atoms with E-state index < -0.39 is 0 Å². The molecule has 78 valence electrons. The number of ketones is 1. The Morgan fingerprint density at radius 2 is 1.86 bits per heavy atom. The van der Waals surface area contributed by atoms with Crippen molar-refractivity contribution >= 4 is 5.78 Å². The molecule has 2 aliphatic carbocycles. The van der Waals surface area contributed by atoms with E-state index in [0.717, 1.165) is 12.3 Å². The molecule has 0 radical (unpaired) electrons. The van der Waals surface area contributed by atoms with Crippen LogP contribution in [0.5, 0.6) is 0 Å². The minimum atomic E-state index is 0.399. The lowest BCUT2D eigenvalue weighted by atomic mass is 10.0. The third kappa shape index (κ3) is 2.70. The summed E-state index contributed by atoms with van der Waals surface area (Å²) in [5, 5.41) is 0. The van der Waals surface area contributed by atoms with Crippen molar-refractivity contribution in [3.05, 3.63) is 12.2 Å². The standard InChI is InChI=1S/C13H20O/c14-13-9-7-5-3-1-2-4-6-8-11-10-12(11)13/h7,9,11-12H,1-6,8,10H2/b9-7+/t11-,12+/m0/s1. The average Bonchev–Trinajstić information content (AvgIpc) is 2.92. The molecule has 0 heterocycles. The number of fused-ring (bicyclic) bond motifs is 1. The van der Waals surface area contributed by atoms with E-state index in [2.05, 4.69) is 6.08 Å². The summed E-state index contributed by atoms with van der Waals surface area (Å²) in [7, 11) is 0. The molecule has 1 heteroatoms. The Balaban J connectivity index is 1.86. The summed E-state index contributed by atoms with van der Waals surface area (Å²) in [6.07, 6.45) is 14.2. The minimum Gasteiger partial charge on any atom is -0.295 e. The lowest BCUT2D eigenvalue weighted by Crippen LogP contribution is -1.98.